The van der Waals surface area contributed by atoms with Gasteiger partial charge in [-0.3, -0.25) is 4.79 Å². The van der Waals surface area contributed by atoms with E-state index in [9.17, 15) is 13.2 Å². The van der Waals surface area contributed by atoms with Gasteiger partial charge in [0.1, 0.15) is 0 Å². The molecule has 0 aliphatic carbocycles. The molecule has 0 aliphatic rings. The zero-order valence-electron chi connectivity index (χ0n) is 11.3. The van der Waals surface area contributed by atoms with Crippen molar-refractivity contribution in [2.45, 2.75) is 18.7 Å². The van der Waals surface area contributed by atoms with E-state index >= 15 is 0 Å². The van der Waals surface area contributed by atoms with Crippen molar-refractivity contribution < 1.29 is 13.2 Å². The van der Waals surface area contributed by atoms with Crippen molar-refractivity contribution in [2.75, 3.05) is 20.1 Å². The normalized spacial score (nSPS) is 11.4. The van der Waals surface area contributed by atoms with Crippen LogP contribution in [0.1, 0.15) is 21.5 Å². The van der Waals surface area contributed by atoms with E-state index in [1.807, 2.05) is 0 Å². The first-order valence-corrected chi connectivity index (χ1v) is 7.39. The van der Waals surface area contributed by atoms with Crippen LogP contribution in [-0.4, -0.2) is 34.5 Å². The maximum Gasteiger partial charge on any atom is 0.251 e. The van der Waals surface area contributed by atoms with Gasteiger partial charge in [0.25, 0.3) is 5.91 Å². The topological polar surface area (TPSA) is 101 Å². The molecule has 0 heterocycles. The van der Waals surface area contributed by atoms with Gasteiger partial charge in [-0.05, 0) is 44.2 Å². The van der Waals surface area contributed by atoms with Gasteiger partial charge >= 0.3 is 0 Å². The lowest BCUT2D eigenvalue weighted by atomic mass is 10.1. The van der Waals surface area contributed by atoms with Crippen molar-refractivity contribution in [3.8, 4) is 0 Å². The number of benzene rings is 1. The van der Waals surface area contributed by atoms with E-state index < -0.39 is 10.0 Å². The van der Waals surface area contributed by atoms with Crippen molar-refractivity contribution in [3.63, 3.8) is 0 Å². The Morgan fingerprint density at radius 1 is 1.26 bits per heavy atom. The lowest BCUT2D eigenvalue weighted by Gasteiger charge is -2.11. The summed E-state index contributed by atoms with van der Waals surface area (Å²) >= 11 is 0. The molecule has 1 aromatic rings. The first-order valence-electron chi connectivity index (χ1n) is 5.84. The van der Waals surface area contributed by atoms with Gasteiger partial charge in [-0.2, -0.15) is 0 Å². The molecule has 0 unspecified atom stereocenters. The Balaban J connectivity index is 3.11. The van der Waals surface area contributed by atoms with Crippen LogP contribution in [0.5, 0.6) is 0 Å². The number of primary sulfonamides is 1. The van der Waals surface area contributed by atoms with Crippen LogP contribution in [0, 0.1) is 13.8 Å². The van der Waals surface area contributed by atoms with Gasteiger partial charge in [0.05, 0.1) is 4.90 Å². The highest BCUT2D eigenvalue weighted by Gasteiger charge is 2.17. The molecule has 6 nitrogen and oxygen atoms in total. The van der Waals surface area contributed by atoms with E-state index in [0.29, 0.717) is 29.8 Å². The molecular weight excluding hydrogens is 266 g/mol. The smallest absolute Gasteiger partial charge is 0.251 e. The van der Waals surface area contributed by atoms with Gasteiger partial charge in [0, 0.05) is 18.7 Å². The zero-order chi connectivity index (χ0) is 14.6. The maximum absolute atomic E-state index is 11.9. The number of likely N-dealkylation sites (N-methyl/N-ethyl adjacent to an activating group) is 1. The number of sulfonamides is 1. The number of carbonyl (C=O) groups is 1. The number of amides is 1. The standard InChI is InChI=1S/C12H19N3O3S/c1-8-6-10(12(16)15-5-4-14-3)7-11(9(8)2)19(13,17)18/h6-7,14H,4-5H2,1-3H3,(H,15,16)(H2,13,17,18). The summed E-state index contributed by atoms with van der Waals surface area (Å²) in [7, 11) is -2.05. The molecule has 0 bridgehead atoms. The van der Waals surface area contributed by atoms with Crippen molar-refractivity contribution >= 4 is 15.9 Å². The Labute approximate surface area is 113 Å². The molecule has 19 heavy (non-hydrogen) atoms. The first-order chi connectivity index (χ1) is 8.77. The molecule has 1 aromatic carbocycles. The molecule has 0 radical (unpaired) electrons. The van der Waals surface area contributed by atoms with Crippen LogP contribution in [-0.2, 0) is 10.0 Å². The molecule has 4 N–H and O–H groups in total. The second-order valence-electron chi connectivity index (χ2n) is 4.32. The van der Waals surface area contributed by atoms with Gasteiger partial charge in [0.15, 0.2) is 0 Å². The number of nitrogens with one attached hydrogen (secondary N) is 2. The van der Waals surface area contributed by atoms with E-state index in [1.54, 1.807) is 27.0 Å². The minimum Gasteiger partial charge on any atom is -0.351 e. The Bertz CT molecular complexity index is 582. The minimum atomic E-state index is -3.83. The minimum absolute atomic E-state index is 0.00809. The highest BCUT2D eigenvalue weighted by atomic mass is 32.2. The third-order valence-electron chi connectivity index (χ3n) is 2.85. The molecule has 1 rings (SSSR count). The fourth-order valence-corrected chi connectivity index (χ4v) is 2.54. The second kappa shape index (κ2) is 6.14. The summed E-state index contributed by atoms with van der Waals surface area (Å²) in [6.45, 7) is 4.51. The molecule has 0 saturated heterocycles. The average molecular weight is 285 g/mol. The van der Waals surface area contributed by atoms with Crippen LogP contribution in [0.3, 0.4) is 0 Å². The van der Waals surface area contributed by atoms with Crippen molar-refractivity contribution in [1.29, 1.82) is 0 Å². The van der Waals surface area contributed by atoms with Crippen molar-refractivity contribution in [1.82, 2.24) is 10.6 Å². The predicted molar refractivity (Wildman–Crippen MR) is 73.5 cm³/mol. The molecule has 0 spiro atoms. The number of aryl methyl sites for hydroxylation is 1. The fraction of sp³-hybridized carbons (Fsp3) is 0.417. The Hall–Kier alpha value is -1.44. The molecule has 1 amide bonds. The summed E-state index contributed by atoms with van der Waals surface area (Å²) in [5, 5.41) is 10.7. The molecule has 0 aliphatic heterocycles. The summed E-state index contributed by atoms with van der Waals surface area (Å²) in [5.74, 6) is -0.316. The highest BCUT2D eigenvalue weighted by Crippen LogP contribution is 2.19. The number of rotatable bonds is 5. The maximum atomic E-state index is 11.9. The van der Waals surface area contributed by atoms with Gasteiger partial charge in [0.2, 0.25) is 10.0 Å². The van der Waals surface area contributed by atoms with Crippen LogP contribution in [0.15, 0.2) is 17.0 Å². The molecule has 106 valence electrons. The summed E-state index contributed by atoms with van der Waals surface area (Å²) in [6.07, 6.45) is 0. The molecule has 0 fully saturated rings. The number of nitrogens with two attached hydrogens (primary N) is 1. The molecule has 0 atom stereocenters. The van der Waals surface area contributed by atoms with Crippen molar-refractivity contribution in [2.24, 2.45) is 5.14 Å². The van der Waals surface area contributed by atoms with Gasteiger partial charge in [-0.25, -0.2) is 13.6 Å². The Morgan fingerprint density at radius 2 is 1.89 bits per heavy atom. The van der Waals surface area contributed by atoms with Crippen LogP contribution in [0.4, 0.5) is 0 Å². The summed E-state index contributed by atoms with van der Waals surface area (Å²) in [4.78, 5) is 11.9. The zero-order valence-corrected chi connectivity index (χ0v) is 12.1. The summed E-state index contributed by atoms with van der Waals surface area (Å²) < 4.78 is 23.0. The van der Waals surface area contributed by atoms with Crippen LogP contribution in [0.2, 0.25) is 0 Å². The fourth-order valence-electron chi connectivity index (χ4n) is 1.66. The summed E-state index contributed by atoms with van der Waals surface area (Å²) in [5.41, 5.74) is 1.57. The SMILES string of the molecule is CNCCNC(=O)c1cc(C)c(C)c(S(N)(=O)=O)c1. The lowest BCUT2D eigenvalue weighted by molar-refractivity contribution is 0.0954. The Kier molecular flexibility index (Phi) is 5.04. The number of hydrogen-bond acceptors (Lipinski definition) is 4. The van der Waals surface area contributed by atoms with Crippen LogP contribution in [0.25, 0.3) is 0 Å². The lowest BCUT2D eigenvalue weighted by Crippen LogP contribution is -2.30. The highest BCUT2D eigenvalue weighted by molar-refractivity contribution is 7.89. The van der Waals surface area contributed by atoms with Crippen molar-refractivity contribution in [3.05, 3.63) is 28.8 Å². The third kappa shape index (κ3) is 4.02. The third-order valence-corrected chi connectivity index (χ3v) is 3.89. The molecular formula is C12H19N3O3S. The monoisotopic (exact) mass is 285 g/mol. The van der Waals surface area contributed by atoms with Gasteiger partial charge in [-0.15, -0.1) is 0 Å². The summed E-state index contributed by atoms with van der Waals surface area (Å²) in [6, 6.07) is 2.96. The molecule has 0 saturated carbocycles. The van der Waals surface area contributed by atoms with Crippen LogP contribution >= 0.6 is 0 Å². The van der Waals surface area contributed by atoms with E-state index in [-0.39, 0.29) is 10.8 Å². The van der Waals surface area contributed by atoms with E-state index in [1.165, 1.54) is 6.07 Å². The second-order valence-corrected chi connectivity index (χ2v) is 5.85. The first kappa shape index (κ1) is 15.6. The predicted octanol–water partition coefficient (Wildman–Crippen LogP) is -0.1000. The van der Waals surface area contributed by atoms with E-state index in [2.05, 4.69) is 10.6 Å². The average Bonchev–Trinajstić information content (AvgIpc) is 2.31. The molecule has 0 aromatic heterocycles. The quantitative estimate of drug-likeness (QED) is 0.657. The van der Waals surface area contributed by atoms with Gasteiger partial charge < -0.3 is 10.6 Å². The van der Waals surface area contributed by atoms with Crippen LogP contribution < -0.4 is 15.8 Å². The van der Waals surface area contributed by atoms with Gasteiger partial charge in [-0.1, -0.05) is 0 Å². The van der Waals surface area contributed by atoms with E-state index in [0.717, 1.165) is 0 Å². The number of hydrogen-bond donors (Lipinski definition) is 3. The largest absolute Gasteiger partial charge is 0.351 e. The van der Waals surface area contributed by atoms with E-state index in [4.69, 9.17) is 5.14 Å². The molecule has 7 heteroatoms. The Morgan fingerprint density at radius 3 is 2.42 bits per heavy atom. The number of carbonyl (C=O) groups excluding carboxylic acids is 1.